The second kappa shape index (κ2) is 10.9. The number of para-hydroxylation sites is 1. The van der Waals surface area contributed by atoms with Crippen LogP contribution < -0.4 is 4.90 Å². The Morgan fingerprint density at radius 2 is 2.00 bits per heavy atom. The molecule has 0 saturated carbocycles. The third kappa shape index (κ3) is 5.31. The fourth-order valence-corrected chi connectivity index (χ4v) is 6.42. The number of hydrogen-bond donors (Lipinski definition) is 3. The van der Waals surface area contributed by atoms with Crippen LogP contribution in [0.25, 0.3) is 22.2 Å². The van der Waals surface area contributed by atoms with Crippen LogP contribution in [0.1, 0.15) is 36.3 Å². The Morgan fingerprint density at radius 1 is 1.18 bits per heavy atom. The number of piperidine rings is 2. The summed E-state index contributed by atoms with van der Waals surface area (Å²) in [4.78, 5) is 12.1. The lowest BCUT2D eigenvalue weighted by atomic mass is 9.85. The average molecular weight is 553 g/mol. The summed E-state index contributed by atoms with van der Waals surface area (Å²) in [5.74, 6) is 0.342. The van der Waals surface area contributed by atoms with Crippen molar-refractivity contribution in [1.29, 1.82) is 0 Å². The van der Waals surface area contributed by atoms with E-state index < -0.39 is 18.0 Å². The standard InChI is InChI=1S/C30H34ClFN4O3/c1-18-3-2-4-22-23(14-33-29(18)22)21-9-10-35(17-27(21)38)16-26(37)19-7-11-36(12-8-19)30-34-15-28(39-30)20-5-6-25(32)24(31)13-20/h2-6,13-15,19,21,26-27,33,37-38H,7-12,16-17H2,1H3/t21?,26-,27?/m1/s1. The van der Waals surface area contributed by atoms with Crippen molar-refractivity contribution >= 4 is 28.5 Å². The first-order valence-corrected chi connectivity index (χ1v) is 14.1. The number of hydrogen-bond acceptors (Lipinski definition) is 6. The predicted octanol–water partition coefficient (Wildman–Crippen LogP) is 5.35. The number of likely N-dealkylation sites (tertiary alicyclic amines) is 1. The van der Waals surface area contributed by atoms with E-state index in [4.69, 9.17) is 16.0 Å². The molecule has 3 atom stereocenters. The number of aromatic amines is 1. The Morgan fingerprint density at radius 3 is 2.77 bits per heavy atom. The van der Waals surface area contributed by atoms with E-state index in [9.17, 15) is 14.6 Å². The summed E-state index contributed by atoms with van der Waals surface area (Å²) in [5.41, 5.74) is 4.22. The summed E-state index contributed by atoms with van der Waals surface area (Å²) < 4.78 is 19.4. The first-order valence-electron chi connectivity index (χ1n) is 13.7. The third-order valence-corrected chi connectivity index (χ3v) is 8.81. The molecule has 2 aromatic heterocycles. The average Bonchev–Trinajstić information content (AvgIpc) is 3.59. The fraction of sp³-hybridized carbons (Fsp3) is 0.433. The Kier molecular flexibility index (Phi) is 7.37. The zero-order valence-electron chi connectivity index (χ0n) is 22.0. The molecule has 0 amide bonds. The summed E-state index contributed by atoms with van der Waals surface area (Å²) in [7, 11) is 0. The summed E-state index contributed by atoms with van der Waals surface area (Å²) >= 11 is 5.91. The third-order valence-electron chi connectivity index (χ3n) is 8.52. The summed E-state index contributed by atoms with van der Waals surface area (Å²) in [6.45, 7) is 5.54. The largest absolute Gasteiger partial charge is 0.423 e. The zero-order chi connectivity index (χ0) is 27.1. The van der Waals surface area contributed by atoms with Crippen molar-refractivity contribution in [2.75, 3.05) is 37.6 Å². The van der Waals surface area contributed by atoms with Crippen LogP contribution in [-0.2, 0) is 0 Å². The van der Waals surface area contributed by atoms with E-state index in [1.165, 1.54) is 28.6 Å². The molecular weight excluding hydrogens is 519 g/mol. The number of aliphatic hydroxyl groups excluding tert-OH is 2. The normalized spacial score (nSPS) is 22.0. The maximum Gasteiger partial charge on any atom is 0.297 e. The Labute approximate surface area is 232 Å². The number of halogens is 2. The highest BCUT2D eigenvalue weighted by molar-refractivity contribution is 6.31. The topological polar surface area (TPSA) is 88.8 Å². The van der Waals surface area contributed by atoms with Gasteiger partial charge in [-0.3, -0.25) is 4.90 Å². The molecule has 4 heterocycles. The predicted molar refractivity (Wildman–Crippen MR) is 151 cm³/mol. The number of H-pyrrole nitrogens is 1. The lowest BCUT2D eigenvalue weighted by molar-refractivity contribution is 0.00593. The van der Waals surface area contributed by atoms with E-state index >= 15 is 0 Å². The lowest BCUT2D eigenvalue weighted by Crippen LogP contribution is -2.48. The molecule has 7 nitrogen and oxygen atoms in total. The van der Waals surface area contributed by atoms with Crippen LogP contribution in [0.15, 0.2) is 53.2 Å². The van der Waals surface area contributed by atoms with Gasteiger partial charge in [0.05, 0.1) is 23.4 Å². The molecule has 2 fully saturated rings. The number of rotatable bonds is 6. The van der Waals surface area contributed by atoms with Gasteiger partial charge in [0.1, 0.15) is 5.82 Å². The summed E-state index contributed by atoms with van der Waals surface area (Å²) in [6.07, 6.45) is 5.28. The van der Waals surface area contributed by atoms with Gasteiger partial charge in [-0.15, -0.1) is 0 Å². The van der Waals surface area contributed by atoms with Gasteiger partial charge in [-0.2, -0.15) is 0 Å². The molecule has 2 aliphatic rings. The van der Waals surface area contributed by atoms with E-state index in [-0.39, 0.29) is 16.9 Å². The van der Waals surface area contributed by atoms with Crippen LogP contribution in [0, 0.1) is 18.7 Å². The van der Waals surface area contributed by atoms with E-state index in [1.54, 1.807) is 12.3 Å². The number of aryl methyl sites for hydroxylation is 1. The molecule has 0 bridgehead atoms. The number of oxazole rings is 1. The minimum absolute atomic E-state index is 0.0463. The maximum absolute atomic E-state index is 13.5. The van der Waals surface area contributed by atoms with Gasteiger partial charge < -0.3 is 24.5 Å². The van der Waals surface area contributed by atoms with Crippen LogP contribution in [0.3, 0.4) is 0 Å². The molecule has 39 heavy (non-hydrogen) atoms. The first-order chi connectivity index (χ1) is 18.9. The highest BCUT2D eigenvalue weighted by atomic mass is 35.5. The van der Waals surface area contributed by atoms with E-state index in [1.807, 2.05) is 0 Å². The smallest absolute Gasteiger partial charge is 0.297 e. The van der Waals surface area contributed by atoms with Crippen molar-refractivity contribution in [2.24, 2.45) is 5.92 Å². The number of anilines is 1. The minimum Gasteiger partial charge on any atom is -0.423 e. The summed E-state index contributed by atoms with van der Waals surface area (Å²) in [5, 5.41) is 23.4. The molecule has 0 aliphatic carbocycles. The molecule has 0 radical (unpaired) electrons. The van der Waals surface area contributed by atoms with Crippen molar-refractivity contribution in [3.8, 4) is 11.3 Å². The number of aromatic nitrogens is 2. The quantitative estimate of drug-likeness (QED) is 0.299. The van der Waals surface area contributed by atoms with Gasteiger partial charge in [-0.05, 0) is 68.0 Å². The molecule has 2 aromatic carbocycles. The van der Waals surface area contributed by atoms with Crippen molar-refractivity contribution in [1.82, 2.24) is 14.9 Å². The second-order valence-electron chi connectivity index (χ2n) is 11.0. The monoisotopic (exact) mass is 552 g/mol. The van der Waals surface area contributed by atoms with Gasteiger partial charge in [-0.25, -0.2) is 9.37 Å². The van der Waals surface area contributed by atoms with Gasteiger partial charge in [0, 0.05) is 54.8 Å². The van der Waals surface area contributed by atoms with E-state index in [0.717, 1.165) is 44.4 Å². The van der Waals surface area contributed by atoms with Gasteiger partial charge in [-0.1, -0.05) is 29.8 Å². The Balaban J connectivity index is 1.01. The molecular formula is C30H34ClFN4O3. The number of nitrogens with zero attached hydrogens (tertiary/aromatic N) is 3. The Hall–Kier alpha value is -2.91. The number of β-amino-alcohol motifs (C(OH)–C–C–N with tert-alkyl or cyclic N) is 2. The van der Waals surface area contributed by atoms with E-state index in [2.05, 4.69) is 51.1 Å². The van der Waals surface area contributed by atoms with E-state index in [0.29, 0.717) is 30.4 Å². The molecule has 4 aromatic rings. The Bertz CT molecular complexity index is 1450. The summed E-state index contributed by atoms with van der Waals surface area (Å²) in [6, 6.07) is 11.3. The van der Waals surface area contributed by atoms with Crippen LogP contribution in [0.4, 0.5) is 10.4 Å². The fourth-order valence-electron chi connectivity index (χ4n) is 6.24. The van der Waals surface area contributed by atoms with Crippen molar-refractivity contribution in [2.45, 2.75) is 44.3 Å². The number of fused-ring (bicyclic) bond motifs is 1. The van der Waals surface area contributed by atoms with Crippen molar-refractivity contribution in [3.63, 3.8) is 0 Å². The molecule has 9 heteroatoms. The van der Waals surface area contributed by atoms with Crippen LogP contribution in [0.2, 0.25) is 5.02 Å². The zero-order valence-corrected chi connectivity index (χ0v) is 22.7. The van der Waals surface area contributed by atoms with Gasteiger partial charge in [0.25, 0.3) is 6.01 Å². The molecule has 3 N–H and O–H groups in total. The second-order valence-corrected chi connectivity index (χ2v) is 11.4. The minimum atomic E-state index is -0.470. The number of benzene rings is 2. The van der Waals surface area contributed by atoms with Gasteiger partial charge in [0.15, 0.2) is 5.76 Å². The highest BCUT2D eigenvalue weighted by Crippen LogP contribution is 2.35. The molecule has 2 aliphatic heterocycles. The SMILES string of the molecule is Cc1cccc2c(C3CCN(C[C@@H](O)C4CCN(c5ncc(-c6ccc(F)c(Cl)c6)o5)CC4)CC3O)c[nH]c12. The number of nitrogens with one attached hydrogen (secondary N) is 1. The van der Waals surface area contributed by atoms with Crippen LogP contribution in [0.5, 0.6) is 0 Å². The maximum atomic E-state index is 13.5. The molecule has 2 unspecified atom stereocenters. The van der Waals surface area contributed by atoms with Crippen LogP contribution in [-0.4, -0.2) is 70.0 Å². The lowest BCUT2D eigenvalue weighted by Gasteiger charge is -2.39. The van der Waals surface area contributed by atoms with Crippen molar-refractivity contribution < 1.29 is 19.0 Å². The molecule has 6 rings (SSSR count). The molecule has 0 spiro atoms. The van der Waals surface area contributed by atoms with Crippen molar-refractivity contribution in [3.05, 3.63) is 70.8 Å². The molecule has 206 valence electrons. The number of aliphatic hydroxyl groups is 2. The highest BCUT2D eigenvalue weighted by Gasteiger charge is 2.34. The first kappa shape index (κ1) is 26.3. The molecule has 2 saturated heterocycles. The van der Waals surface area contributed by atoms with Crippen LogP contribution >= 0.6 is 11.6 Å². The van der Waals surface area contributed by atoms with Gasteiger partial charge >= 0.3 is 0 Å². The van der Waals surface area contributed by atoms with Gasteiger partial charge in [0.2, 0.25) is 0 Å².